The molecule has 0 saturated heterocycles. The molecule has 0 aliphatic carbocycles. The number of methoxy groups -OCH3 is 1. The average molecular weight is 742 g/mol. The van der Waals surface area contributed by atoms with E-state index in [4.69, 9.17) is 27.9 Å². The summed E-state index contributed by atoms with van der Waals surface area (Å²) in [6, 6.07) is 22.4. The number of sulfonamides is 1. The van der Waals surface area contributed by atoms with E-state index >= 15 is 0 Å². The summed E-state index contributed by atoms with van der Waals surface area (Å²) in [5.41, 5.74) is 1.04. The van der Waals surface area contributed by atoms with E-state index in [0.29, 0.717) is 17.0 Å². The van der Waals surface area contributed by atoms with Crippen molar-refractivity contribution in [2.45, 2.75) is 57.1 Å². The van der Waals surface area contributed by atoms with Gasteiger partial charge in [0.05, 0.1) is 22.6 Å². The predicted molar refractivity (Wildman–Crippen MR) is 194 cm³/mol. The van der Waals surface area contributed by atoms with Gasteiger partial charge in [-0.1, -0.05) is 84.7 Å². The van der Waals surface area contributed by atoms with Crippen LogP contribution in [0.1, 0.15) is 37.0 Å². The van der Waals surface area contributed by atoms with Crippen LogP contribution in [0.25, 0.3) is 0 Å². The van der Waals surface area contributed by atoms with E-state index in [0.717, 1.165) is 15.9 Å². The maximum absolute atomic E-state index is 14.7. The molecule has 0 aromatic heterocycles. The van der Waals surface area contributed by atoms with Crippen LogP contribution in [0.3, 0.4) is 0 Å². The fraction of sp³-hybridized carbons (Fsp3) is 0.278. The van der Waals surface area contributed by atoms with Crippen molar-refractivity contribution in [3.63, 3.8) is 0 Å². The first kappa shape index (κ1) is 38.2. The molecule has 0 bridgehead atoms. The quantitative estimate of drug-likeness (QED) is 0.103. The largest absolute Gasteiger partial charge is 0.495 e. The zero-order chi connectivity index (χ0) is 36.6. The minimum atomic E-state index is -4.70. The monoisotopic (exact) mass is 740 g/mol. The Morgan fingerprint density at radius 2 is 1.66 bits per heavy atom. The van der Waals surface area contributed by atoms with Crippen LogP contribution in [0.15, 0.2) is 95.9 Å². The standard InChI is InChI=1S/C36H38Cl2N4O7S/c1-5-25(3)39-36(44)33(19-26-11-7-6-8-12-26)40(22-27-13-9-10-14-30(27)38)35(43)23-41(32-20-28(37)16-18-34(32)49-4)50(47,48)29-17-15-24(2)31(21-29)42(45)46/h6-18,20-21,25,33H,5,19,22-23H2,1-4H3,(H,39,44)/t25-,33-/m0/s1. The van der Waals surface area contributed by atoms with Gasteiger partial charge in [-0.2, -0.15) is 0 Å². The van der Waals surface area contributed by atoms with Crippen LogP contribution in [0, 0.1) is 17.0 Å². The van der Waals surface area contributed by atoms with E-state index in [1.807, 2.05) is 44.2 Å². The van der Waals surface area contributed by atoms with Crippen LogP contribution in [0.4, 0.5) is 11.4 Å². The smallest absolute Gasteiger partial charge is 0.273 e. The van der Waals surface area contributed by atoms with Crippen molar-refractivity contribution >= 4 is 56.4 Å². The first-order valence-electron chi connectivity index (χ1n) is 15.7. The fourth-order valence-corrected chi connectivity index (χ4v) is 7.05. The fourth-order valence-electron chi connectivity index (χ4n) is 5.25. The van der Waals surface area contributed by atoms with Gasteiger partial charge in [0.1, 0.15) is 18.3 Å². The SMILES string of the molecule is CC[C@H](C)NC(=O)[C@H](Cc1ccccc1)N(Cc1ccccc1Cl)C(=O)CN(c1cc(Cl)ccc1OC)S(=O)(=O)c1ccc(C)c([N+](=O)[O-])c1. The van der Waals surface area contributed by atoms with Crippen molar-refractivity contribution in [3.8, 4) is 5.75 Å². The van der Waals surface area contributed by atoms with Gasteiger partial charge in [-0.25, -0.2) is 8.42 Å². The molecule has 2 amide bonds. The van der Waals surface area contributed by atoms with E-state index in [9.17, 15) is 28.1 Å². The minimum absolute atomic E-state index is 0.0698. The summed E-state index contributed by atoms with van der Waals surface area (Å²) in [6.07, 6.45) is 0.738. The number of nitro benzene ring substituents is 1. The molecular weight excluding hydrogens is 703 g/mol. The minimum Gasteiger partial charge on any atom is -0.495 e. The number of ether oxygens (including phenoxy) is 1. The second-order valence-corrected chi connectivity index (χ2v) is 14.4. The van der Waals surface area contributed by atoms with Crippen LogP contribution in [0.5, 0.6) is 5.75 Å². The summed E-state index contributed by atoms with van der Waals surface area (Å²) in [6.45, 7) is 4.28. The molecule has 11 nitrogen and oxygen atoms in total. The highest BCUT2D eigenvalue weighted by molar-refractivity contribution is 7.92. The van der Waals surface area contributed by atoms with Gasteiger partial charge in [0.25, 0.3) is 15.7 Å². The summed E-state index contributed by atoms with van der Waals surface area (Å²) < 4.78 is 35.2. The number of aryl methyl sites for hydroxylation is 1. The molecule has 2 atom stereocenters. The summed E-state index contributed by atoms with van der Waals surface area (Å²) in [7, 11) is -3.37. The summed E-state index contributed by atoms with van der Waals surface area (Å²) in [5.74, 6) is -1.12. The lowest BCUT2D eigenvalue weighted by Gasteiger charge is -2.34. The number of anilines is 1. The second kappa shape index (κ2) is 16.8. The van der Waals surface area contributed by atoms with Gasteiger partial charge in [0, 0.05) is 40.7 Å². The normalized spacial score (nSPS) is 12.4. The molecule has 0 aliphatic heterocycles. The molecule has 0 saturated carbocycles. The maximum Gasteiger partial charge on any atom is 0.273 e. The van der Waals surface area contributed by atoms with Crippen LogP contribution in [-0.4, -0.2) is 55.8 Å². The molecule has 264 valence electrons. The van der Waals surface area contributed by atoms with Crippen molar-refractivity contribution < 1.29 is 27.7 Å². The predicted octanol–water partition coefficient (Wildman–Crippen LogP) is 6.97. The number of amides is 2. The molecule has 0 unspecified atom stereocenters. The molecule has 50 heavy (non-hydrogen) atoms. The third kappa shape index (κ3) is 9.12. The number of hydrogen-bond acceptors (Lipinski definition) is 7. The Morgan fingerprint density at radius 3 is 2.30 bits per heavy atom. The summed E-state index contributed by atoms with van der Waals surface area (Å²) in [5, 5.41) is 15.3. The van der Waals surface area contributed by atoms with Gasteiger partial charge in [0.2, 0.25) is 11.8 Å². The number of nitro groups is 1. The van der Waals surface area contributed by atoms with Gasteiger partial charge in [-0.3, -0.25) is 24.0 Å². The highest BCUT2D eigenvalue weighted by atomic mass is 35.5. The molecule has 0 aliphatic rings. The number of carbonyl (C=O) groups is 2. The third-order valence-corrected chi connectivity index (χ3v) is 10.6. The van der Waals surface area contributed by atoms with Gasteiger partial charge < -0.3 is 15.0 Å². The van der Waals surface area contributed by atoms with Crippen LogP contribution in [0.2, 0.25) is 10.0 Å². The van der Waals surface area contributed by atoms with Gasteiger partial charge >= 0.3 is 0 Å². The van der Waals surface area contributed by atoms with Crippen molar-refractivity contribution in [3.05, 3.63) is 128 Å². The highest BCUT2D eigenvalue weighted by Gasteiger charge is 2.36. The zero-order valence-electron chi connectivity index (χ0n) is 28.0. The highest BCUT2D eigenvalue weighted by Crippen LogP contribution is 2.36. The van der Waals surface area contributed by atoms with Gasteiger partial charge in [-0.15, -0.1) is 0 Å². The van der Waals surface area contributed by atoms with Gasteiger partial charge in [0.15, 0.2) is 0 Å². The molecular formula is C36H38Cl2N4O7S. The number of nitrogens with one attached hydrogen (secondary N) is 1. The number of rotatable bonds is 15. The maximum atomic E-state index is 14.7. The molecule has 0 radical (unpaired) electrons. The summed E-state index contributed by atoms with van der Waals surface area (Å²) in [4.78, 5) is 40.7. The number of carbonyl (C=O) groups excluding carboxylic acids is 2. The van der Waals surface area contributed by atoms with E-state index in [2.05, 4.69) is 5.32 Å². The lowest BCUT2D eigenvalue weighted by Crippen LogP contribution is -2.54. The van der Waals surface area contributed by atoms with Crippen molar-refractivity contribution in [2.75, 3.05) is 18.0 Å². The second-order valence-electron chi connectivity index (χ2n) is 11.7. The summed E-state index contributed by atoms with van der Waals surface area (Å²) >= 11 is 12.9. The van der Waals surface area contributed by atoms with Crippen molar-refractivity contribution in [2.24, 2.45) is 0 Å². The number of hydrogen-bond donors (Lipinski definition) is 1. The lowest BCUT2D eigenvalue weighted by atomic mass is 10.0. The Balaban J connectivity index is 1.90. The van der Waals surface area contributed by atoms with Crippen LogP contribution >= 0.6 is 23.2 Å². The first-order valence-corrected chi connectivity index (χ1v) is 17.9. The topological polar surface area (TPSA) is 139 Å². The van der Waals surface area contributed by atoms with Crippen LogP contribution in [-0.2, 0) is 32.6 Å². The first-order chi connectivity index (χ1) is 23.8. The molecule has 0 spiro atoms. The van der Waals surface area contributed by atoms with E-state index in [1.54, 1.807) is 24.3 Å². The Bertz CT molecular complexity index is 1960. The number of halogens is 2. The molecule has 1 N–H and O–H groups in total. The zero-order valence-corrected chi connectivity index (χ0v) is 30.3. The molecule has 4 aromatic carbocycles. The Labute approximate surface area is 302 Å². The molecule has 0 fully saturated rings. The average Bonchev–Trinajstić information content (AvgIpc) is 3.09. The number of nitrogens with zero attached hydrogens (tertiary/aromatic N) is 3. The number of benzene rings is 4. The third-order valence-electron chi connectivity index (χ3n) is 8.22. The van der Waals surface area contributed by atoms with E-state index < -0.39 is 49.9 Å². The van der Waals surface area contributed by atoms with Gasteiger partial charge in [-0.05, 0) is 61.7 Å². The van der Waals surface area contributed by atoms with Crippen LogP contribution < -0.4 is 14.4 Å². The van der Waals surface area contributed by atoms with Crippen molar-refractivity contribution in [1.29, 1.82) is 0 Å². The molecule has 4 rings (SSSR count). The van der Waals surface area contributed by atoms with Crippen molar-refractivity contribution in [1.82, 2.24) is 10.2 Å². The van der Waals surface area contributed by atoms with E-state index in [-0.39, 0.29) is 41.0 Å². The Kier molecular flexibility index (Phi) is 12.9. The molecule has 14 heteroatoms. The lowest BCUT2D eigenvalue weighted by molar-refractivity contribution is -0.385. The molecule has 4 aromatic rings. The Morgan fingerprint density at radius 1 is 0.980 bits per heavy atom. The van der Waals surface area contributed by atoms with E-state index in [1.165, 1.54) is 49.3 Å². The Hall–Kier alpha value is -4.65. The molecule has 0 heterocycles.